The van der Waals surface area contributed by atoms with Gasteiger partial charge in [0, 0.05) is 30.1 Å². The molecule has 1 aromatic carbocycles. The molecule has 3 N–H and O–H groups in total. The zero-order chi connectivity index (χ0) is 24.2. The molecule has 0 spiro atoms. The quantitative estimate of drug-likeness (QED) is 0.380. The van der Waals surface area contributed by atoms with Crippen LogP contribution in [-0.4, -0.2) is 45.9 Å². The number of nitrogens with one attached hydrogen (secondary N) is 2. The largest absolute Gasteiger partial charge is 0.492 e. The summed E-state index contributed by atoms with van der Waals surface area (Å²) in [6.07, 6.45) is 3.12. The van der Waals surface area contributed by atoms with Gasteiger partial charge in [-0.05, 0) is 50.6 Å². The van der Waals surface area contributed by atoms with E-state index in [0.717, 1.165) is 11.3 Å². The first kappa shape index (κ1) is 22.8. The highest BCUT2D eigenvalue weighted by molar-refractivity contribution is 5.95. The Morgan fingerprint density at radius 3 is 2.74 bits per heavy atom. The fraction of sp³-hybridized carbons (Fsp3) is 0.261. The van der Waals surface area contributed by atoms with Crippen molar-refractivity contribution in [3.63, 3.8) is 0 Å². The Morgan fingerprint density at radius 1 is 1.15 bits per heavy atom. The van der Waals surface area contributed by atoms with E-state index in [0.29, 0.717) is 40.7 Å². The van der Waals surface area contributed by atoms with Crippen molar-refractivity contribution >= 4 is 11.6 Å². The minimum absolute atomic E-state index is 0.184. The standard InChI is InChI=1S/C23H25N9O2/c1-13-14(2)28-31-23(34)20(13)15(3)27-22(33)16-6-5-7-17(10-16)25-11-19-29-30-21(32(19)4)18-8-9-24-12-26-18/h5-10,12,15,25H,11H2,1-4H3,(H,27,33)(H,31,34). The van der Waals surface area contributed by atoms with E-state index in [-0.39, 0.29) is 11.8 Å². The van der Waals surface area contributed by atoms with E-state index in [1.165, 1.54) is 6.33 Å². The molecule has 0 bridgehead atoms. The van der Waals surface area contributed by atoms with Gasteiger partial charge in [0.25, 0.3) is 5.91 Å². The Bertz CT molecular complexity index is 1320. The van der Waals surface area contributed by atoms with E-state index in [2.05, 4.69) is 41.0 Å². The van der Waals surface area contributed by atoms with Crippen LogP contribution in [0.1, 0.15) is 46.0 Å². The van der Waals surface area contributed by atoms with Crippen LogP contribution in [0.3, 0.4) is 0 Å². The molecule has 0 saturated carbocycles. The number of carbonyl (C=O) groups excluding carboxylic acids is 1. The number of amides is 1. The summed E-state index contributed by atoms with van der Waals surface area (Å²) in [7, 11) is 1.87. The van der Waals surface area contributed by atoms with Gasteiger partial charge in [-0.2, -0.15) is 5.10 Å². The lowest BCUT2D eigenvalue weighted by Gasteiger charge is -2.18. The maximum atomic E-state index is 12.9. The van der Waals surface area contributed by atoms with Crippen LogP contribution in [0.2, 0.25) is 0 Å². The zero-order valence-corrected chi connectivity index (χ0v) is 19.3. The number of aromatic nitrogens is 7. The summed E-state index contributed by atoms with van der Waals surface area (Å²) in [6.45, 7) is 5.86. The van der Waals surface area contributed by atoms with E-state index < -0.39 is 6.04 Å². The maximum Gasteiger partial charge on any atom is 0.251 e. The van der Waals surface area contributed by atoms with Crippen LogP contribution in [0.5, 0.6) is 5.88 Å². The smallest absolute Gasteiger partial charge is 0.251 e. The SMILES string of the molecule is Cc1nnc(O)c(C(C)NC(=O)c2cccc(NCc3nnc(-c4ccncn4)n3C)c2)c1C. The lowest BCUT2D eigenvalue weighted by molar-refractivity contribution is 0.0939. The molecule has 0 fully saturated rings. The van der Waals surface area contributed by atoms with Crippen LogP contribution in [-0.2, 0) is 13.6 Å². The number of rotatable bonds is 7. The van der Waals surface area contributed by atoms with E-state index in [9.17, 15) is 9.90 Å². The molecule has 0 saturated heterocycles. The first-order valence-corrected chi connectivity index (χ1v) is 10.7. The van der Waals surface area contributed by atoms with Crippen LogP contribution in [0.25, 0.3) is 11.5 Å². The van der Waals surface area contributed by atoms with E-state index >= 15 is 0 Å². The molecule has 0 aliphatic carbocycles. The van der Waals surface area contributed by atoms with E-state index in [4.69, 9.17) is 0 Å². The molecule has 0 radical (unpaired) electrons. The molecule has 1 amide bonds. The molecule has 4 rings (SSSR count). The summed E-state index contributed by atoms with van der Waals surface area (Å²) in [5.41, 5.74) is 3.97. The van der Waals surface area contributed by atoms with E-state index in [1.54, 1.807) is 37.4 Å². The minimum Gasteiger partial charge on any atom is -0.492 e. The topological polar surface area (TPSA) is 144 Å². The van der Waals surface area contributed by atoms with Crippen molar-refractivity contribution in [3.05, 3.63) is 71.1 Å². The summed E-state index contributed by atoms with van der Waals surface area (Å²) >= 11 is 0. The first-order valence-electron chi connectivity index (χ1n) is 10.7. The van der Waals surface area contributed by atoms with Crippen molar-refractivity contribution in [2.24, 2.45) is 7.05 Å². The number of aryl methyl sites for hydroxylation is 1. The average molecular weight is 460 g/mol. The second-order valence-corrected chi connectivity index (χ2v) is 7.87. The molecular weight excluding hydrogens is 434 g/mol. The van der Waals surface area contributed by atoms with Crippen LogP contribution >= 0.6 is 0 Å². The van der Waals surface area contributed by atoms with Gasteiger partial charge in [-0.3, -0.25) is 4.79 Å². The van der Waals surface area contributed by atoms with Gasteiger partial charge in [0.1, 0.15) is 12.0 Å². The van der Waals surface area contributed by atoms with Crippen LogP contribution in [0.15, 0.2) is 42.9 Å². The molecule has 0 aliphatic rings. The van der Waals surface area contributed by atoms with Crippen molar-refractivity contribution in [2.45, 2.75) is 33.4 Å². The van der Waals surface area contributed by atoms with Crippen molar-refractivity contribution in [3.8, 4) is 17.4 Å². The summed E-state index contributed by atoms with van der Waals surface area (Å²) in [5.74, 6) is 0.898. The molecular formula is C23H25N9O2. The van der Waals surface area contributed by atoms with Crippen molar-refractivity contribution in [2.75, 3.05) is 5.32 Å². The van der Waals surface area contributed by atoms with Crippen LogP contribution in [0.4, 0.5) is 5.69 Å². The highest BCUT2D eigenvalue weighted by atomic mass is 16.3. The van der Waals surface area contributed by atoms with Gasteiger partial charge in [0.2, 0.25) is 5.88 Å². The third-order valence-corrected chi connectivity index (χ3v) is 5.61. The van der Waals surface area contributed by atoms with Crippen molar-refractivity contribution < 1.29 is 9.90 Å². The van der Waals surface area contributed by atoms with Gasteiger partial charge in [-0.25, -0.2) is 9.97 Å². The maximum absolute atomic E-state index is 12.9. The third kappa shape index (κ3) is 4.68. The summed E-state index contributed by atoms with van der Waals surface area (Å²) in [6, 6.07) is 8.48. The molecule has 1 unspecified atom stereocenters. The van der Waals surface area contributed by atoms with Crippen LogP contribution in [0, 0.1) is 13.8 Å². The molecule has 174 valence electrons. The minimum atomic E-state index is -0.447. The van der Waals surface area contributed by atoms with Crippen molar-refractivity contribution in [1.29, 1.82) is 0 Å². The highest BCUT2D eigenvalue weighted by Gasteiger charge is 2.20. The number of benzene rings is 1. The Kier molecular flexibility index (Phi) is 6.44. The monoisotopic (exact) mass is 459 g/mol. The molecule has 3 aromatic heterocycles. The number of nitrogens with zero attached hydrogens (tertiary/aromatic N) is 7. The van der Waals surface area contributed by atoms with Gasteiger partial charge in [-0.15, -0.1) is 15.3 Å². The first-order chi connectivity index (χ1) is 16.3. The molecule has 11 heteroatoms. The molecule has 4 aromatic rings. The lowest BCUT2D eigenvalue weighted by Crippen LogP contribution is -2.27. The average Bonchev–Trinajstić information content (AvgIpc) is 3.21. The molecule has 11 nitrogen and oxygen atoms in total. The Balaban J connectivity index is 1.44. The molecule has 0 aliphatic heterocycles. The molecule has 1 atom stereocenters. The number of anilines is 1. The number of hydrogen-bond acceptors (Lipinski definition) is 9. The van der Waals surface area contributed by atoms with Crippen molar-refractivity contribution in [1.82, 2.24) is 40.2 Å². The highest BCUT2D eigenvalue weighted by Crippen LogP contribution is 2.26. The summed E-state index contributed by atoms with van der Waals surface area (Å²) in [4.78, 5) is 21.0. The van der Waals surface area contributed by atoms with Gasteiger partial charge in [0.05, 0.1) is 18.3 Å². The number of carbonyl (C=O) groups is 1. The fourth-order valence-corrected chi connectivity index (χ4v) is 3.60. The number of aromatic hydroxyl groups is 1. The second kappa shape index (κ2) is 9.61. The molecule has 34 heavy (non-hydrogen) atoms. The Morgan fingerprint density at radius 2 is 1.97 bits per heavy atom. The van der Waals surface area contributed by atoms with Gasteiger partial charge in [-0.1, -0.05) is 6.07 Å². The predicted molar refractivity (Wildman–Crippen MR) is 125 cm³/mol. The Labute approximate surface area is 196 Å². The molecule has 3 heterocycles. The fourth-order valence-electron chi connectivity index (χ4n) is 3.60. The van der Waals surface area contributed by atoms with E-state index in [1.807, 2.05) is 31.5 Å². The third-order valence-electron chi connectivity index (χ3n) is 5.61. The zero-order valence-electron chi connectivity index (χ0n) is 19.3. The van der Waals surface area contributed by atoms with Gasteiger partial charge < -0.3 is 20.3 Å². The lowest BCUT2D eigenvalue weighted by atomic mass is 10.0. The van der Waals surface area contributed by atoms with Gasteiger partial charge in [0.15, 0.2) is 11.6 Å². The Hall–Kier alpha value is -4.41. The summed E-state index contributed by atoms with van der Waals surface area (Å²) < 4.78 is 1.85. The normalized spacial score (nSPS) is 11.8. The predicted octanol–water partition coefficient (Wildman–Crippen LogP) is 2.49. The second-order valence-electron chi connectivity index (χ2n) is 7.87. The summed E-state index contributed by atoms with van der Waals surface area (Å²) in [5, 5.41) is 32.4. The van der Waals surface area contributed by atoms with Gasteiger partial charge >= 0.3 is 0 Å². The number of hydrogen-bond donors (Lipinski definition) is 3. The van der Waals surface area contributed by atoms with Crippen LogP contribution < -0.4 is 10.6 Å².